The molecule has 0 N–H and O–H groups in total. The first-order valence-electron chi connectivity index (χ1n) is 8.36. The maximum absolute atomic E-state index is 5.92. The number of pyridine rings is 1. The van der Waals surface area contributed by atoms with Crippen LogP contribution in [0, 0.1) is 0 Å². The second-order valence-electron chi connectivity index (χ2n) is 6.04. The number of aromatic nitrogens is 1. The SMILES string of the molecule is C=CCCC1=C(CCOC2CCCCO2)c2cnccc2C1. The molecule has 3 nitrogen and oxygen atoms in total. The molecule has 0 bridgehead atoms. The minimum absolute atomic E-state index is 0.000692. The van der Waals surface area contributed by atoms with Crippen LogP contribution in [0.1, 0.15) is 49.7 Å². The van der Waals surface area contributed by atoms with E-state index in [-0.39, 0.29) is 6.29 Å². The molecule has 118 valence electrons. The number of ether oxygens (including phenoxy) is 2. The predicted molar refractivity (Wildman–Crippen MR) is 88.5 cm³/mol. The Hall–Kier alpha value is -1.45. The summed E-state index contributed by atoms with van der Waals surface area (Å²) in [6.07, 6.45) is 13.4. The number of fused-ring (bicyclic) bond motifs is 1. The lowest BCUT2D eigenvalue weighted by atomic mass is 10.0. The average Bonchev–Trinajstić information content (AvgIpc) is 2.92. The highest BCUT2D eigenvalue weighted by molar-refractivity contribution is 5.75. The van der Waals surface area contributed by atoms with Crippen LogP contribution in [-0.2, 0) is 15.9 Å². The Bertz CT molecular complexity index is 544. The fraction of sp³-hybridized carbons (Fsp3) is 0.526. The van der Waals surface area contributed by atoms with Crippen molar-refractivity contribution in [2.24, 2.45) is 0 Å². The van der Waals surface area contributed by atoms with E-state index in [2.05, 4.69) is 17.6 Å². The van der Waals surface area contributed by atoms with Gasteiger partial charge in [-0.05, 0) is 67.7 Å². The van der Waals surface area contributed by atoms with Crippen molar-refractivity contribution in [1.82, 2.24) is 4.98 Å². The first-order chi connectivity index (χ1) is 10.9. The maximum Gasteiger partial charge on any atom is 0.157 e. The van der Waals surface area contributed by atoms with Gasteiger partial charge in [0, 0.05) is 19.0 Å². The molecular weight excluding hydrogens is 274 g/mol. The van der Waals surface area contributed by atoms with E-state index in [1.807, 2.05) is 18.5 Å². The van der Waals surface area contributed by atoms with Crippen molar-refractivity contribution >= 4 is 5.57 Å². The van der Waals surface area contributed by atoms with Gasteiger partial charge >= 0.3 is 0 Å². The highest BCUT2D eigenvalue weighted by atomic mass is 16.7. The van der Waals surface area contributed by atoms with E-state index in [1.165, 1.54) is 28.7 Å². The zero-order chi connectivity index (χ0) is 15.2. The highest BCUT2D eigenvalue weighted by Crippen LogP contribution is 2.36. The van der Waals surface area contributed by atoms with Crippen molar-refractivity contribution < 1.29 is 9.47 Å². The van der Waals surface area contributed by atoms with Crippen molar-refractivity contribution in [3.63, 3.8) is 0 Å². The molecule has 1 aliphatic carbocycles. The van der Waals surface area contributed by atoms with Crippen LogP contribution in [0.25, 0.3) is 5.57 Å². The number of allylic oxidation sites excluding steroid dienone is 2. The van der Waals surface area contributed by atoms with E-state index in [0.29, 0.717) is 0 Å². The third kappa shape index (κ3) is 3.65. The fourth-order valence-electron chi connectivity index (χ4n) is 3.34. The number of nitrogens with zero attached hydrogens (tertiary/aromatic N) is 1. The molecule has 1 saturated heterocycles. The number of hydrogen-bond acceptors (Lipinski definition) is 3. The molecule has 2 aliphatic rings. The number of hydrogen-bond donors (Lipinski definition) is 0. The molecule has 1 aliphatic heterocycles. The predicted octanol–water partition coefficient (Wildman–Crippen LogP) is 4.29. The van der Waals surface area contributed by atoms with Crippen LogP contribution in [-0.4, -0.2) is 24.5 Å². The van der Waals surface area contributed by atoms with Crippen LogP contribution in [0.15, 0.2) is 36.7 Å². The van der Waals surface area contributed by atoms with E-state index in [9.17, 15) is 0 Å². The third-order valence-electron chi connectivity index (χ3n) is 4.51. The lowest BCUT2D eigenvalue weighted by Crippen LogP contribution is -2.22. The smallest absolute Gasteiger partial charge is 0.157 e. The van der Waals surface area contributed by atoms with Gasteiger partial charge in [0.15, 0.2) is 6.29 Å². The van der Waals surface area contributed by atoms with Gasteiger partial charge in [-0.25, -0.2) is 0 Å². The van der Waals surface area contributed by atoms with Gasteiger partial charge in [0.25, 0.3) is 0 Å². The lowest BCUT2D eigenvalue weighted by Gasteiger charge is -2.23. The summed E-state index contributed by atoms with van der Waals surface area (Å²) in [5.41, 5.74) is 5.67. The van der Waals surface area contributed by atoms with Crippen LogP contribution in [0.4, 0.5) is 0 Å². The summed E-state index contributed by atoms with van der Waals surface area (Å²) in [5.74, 6) is 0. The zero-order valence-corrected chi connectivity index (χ0v) is 13.2. The summed E-state index contributed by atoms with van der Waals surface area (Å²) in [7, 11) is 0. The largest absolute Gasteiger partial charge is 0.353 e. The quantitative estimate of drug-likeness (QED) is 0.704. The first-order valence-corrected chi connectivity index (χ1v) is 8.36. The Kier molecular flexibility index (Phi) is 5.41. The maximum atomic E-state index is 5.92. The van der Waals surface area contributed by atoms with Crippen LogP contribution in [0.5, 0.6) is 0 Å². The van der Waals surface area contributed by atoms with Gasteiger partial charge in [0.2, 0.25) is 0 Å². The monoisotopic (exact) mass is 299 g/mol. The van der Waals surface area contributed by atoms with E-state index >= 15 is 0 Å². The normalized spacial score (nSPS) is 21.0. The topological polar surface area (TPSA) is 31.4 Å². The molecule has 2 heterocycles. The van der Waals surface area contributed by atoms with E-state index in [1.54, 1.807) is 0 Å². The van der Waals surface area contributed by atoms with Gasteiger partial charge in [-0.15, -0.1) is 6.58 Å². The van der Waals surface area contributed by atoms with Gasteiger partial charge in [0.05, 0.1) is 6.61 Å². The second kappa shape index (κ2) is 7.70. The van der Waals surface area contributed by atoms with Gasteiger partial charge in [0.1, 0.15) is 0 Å². The summed E-state index contributed by atoms with van der Waals surface area (Å²) >= 11 is 0. The minimum atomic E-state index is 0.000692. The van der Waals surface area contributed by atoms with Gasteiger partial charge in [-0.3, -0.25) is 4.98 Å². The van der Waals surface area contributed by atoms with Crippen molar-refractivity contribution in [1.29, 1.82) is 0 Å². The molecule has 1 aromatic rings. The van der Waals surface area contributed by atoms with Crippen LogP contribution in [0.3, 0.4) is 0 Å². The van der Waals surface area contributed by atoms with Crippen LogP contribution < -0.4 is 0 Å². The molecule has 3 heteroatoms. The first kappa shape index (κ1) is 15.4. The molecule has 0 saturated carbocycles. The summed E-state index contributed by atoms with van der Waals surface area (Å²) in [6, 6.07) is 2.14. The van der Waals surface area contributed by atoms with Crippen molar-refractivity contribution in [3.05, 3.63) is 47.8 Å². The van der Waals surface area contributed by atoms with Gasteiger partial charge in [-0.1, -0.05) is 11.6 Å². The average molecular weight is 299 g/mol. The summed E-state index contributed by atoms with van der Waals surface area (Å²) in [6.45, 7) is 5.41. The van der Waals surface area contributed by atoms with Crippen molar-refractivity contribution in [2.75, 3.05) is 13.2 Å². The van der Waals surface area contributed by atoms with Crippen molar-refractivity contribution in [3.8, 4) is 0 Å². The second-order valence-corrected chi connectivity index (χ2v) is 6.04. The zero-order valence-electron chi connectivity index (χ0n) is 13.2. The van der Waals surface area contributed by atoms with Crippen LogP contribution >= 0.6 is 0 Å². The molecule has 1 atom stereocenters. The highest BCUT2D eigenvalue weighted by Gasteiger charge is 2.21. The molecule has 1 aromatic heterocycles. The molecule has 22 heavy (non-hydrogen) atoms. The van der Waals surface area contributed by atoms with Gasteiger partial charge < -0.3 is 9.47 Å². The molecule has 1 fully saturated rings. The van der Waals surface area contributed by atoms with E-state index in [4.69, 9.17) is 9.47 Å². The Labute approximate surface area is 133 Å². The Balaban J connectivity index is 1.63. The molecule has 0 radical (unpaired) electrons. The Morgan fingerprint density at radius 1 is 1.36 bits per heavy atom. The third-order valence-corrected chi connectivity index (χ3v) is 4.51. The lowest BCUT2D eigenvalue weighted by molar-refractivity contribution is -0.161. The molecular formula is C19H25NO2. The van der Waals surface area contributed by atoms with E-state index in [0.717, 1.165) is 51.7 Å². The Morgan fingerprint density at radius 2 is 2.32 bits per heavy atom. The molecule has 1 unspecified atom stereocenters. The molecule has 0 spiro atoms. The Morgan fingerprint density at radius 3 is 3.14 bits per heavy atom. The molecule has 3 rings (SSSR count). The summed E-state index contributed by atoms with van der Waals surface area (Å²) in [4.78, 5) is 4.30. The molecule has 0 amide bonds. The standard InChI is InChI=1S/C19H25NO2/c1-2-3-6-15-13-16-8-10-20-14-18(16)17(15)9-12-22-19-7-4-5-11-21-19/h2,8,10,14,19H,1,3-7,9,11-13H2. The molecule has 0 aromatic carbocycles. The number of rotatable bonds is 7. The van der Waals surface area contributed by atoms with Gasteiger partial charge in [-0.2, -0.15) is 0 Å². The minimum Gasteiger partial charge on any atom is -0.353 e. The van der Waals surface area contributed by atoms with Crippen molar-refractivity contribution in [2.45, 2.75) is 51.2 Å². The van der Waals surface area contributed by atoms with E-state index < -0.39 is 0 Å². The summed E-state index contributed by atoms with van der Waals surface area (Å²) < 4.78 is 11.6. The van der Waals surface area contributed by atoms with Crippen LogP contribution in [0.2, 0.25) is 0 Å². The summed E-state index contributed by atoms with van der Waals surface area (Å²) in [5, 5.41) is 0. The fourth-order valence-corrected chi connectivity index (χ4v) is 3.34.